The Kier molecular flexibility index (Phi) is 5.94. The lowest BCUT2D eigenvalue weighted by Crippen LogP contribution is -2.35. The molecule has 0 bridgehead atoms. The number of ether oxygens (including phenoxy) is 1. The molecule has 2 aliphatic rings. The summed E-state index contributed by atoms with van der Waals surface area (Å²) in [5.74, 6) is 0.363. The van der Waals surface area contributed by atoms with Crippen LogP contribution in [-0.4, -0.2) is 55.4 Å². The molecule has 1 N–H and O–H groups in total. The number of carbonyl (C=O) groups is 1. The highest BCUT2D eigenvalue weighted by Crippen LogP contribution is 2.66. The Bertz CT molecular complexity index is 1490. The zero-order chi connectivity index (χ0) is 25.6. The van der Waals surface area contributed by atoms with E-state index < -0.39 is 5.41 Å². The van der Waals surface area contributed by atoms with Crippen LogP contribution in [0.25, 0.3) is 23.1 Å². The molecule has 37 heavy (non-hydrogen) atoms. The molecule has 3 aromatic carbocycles. The average molecular weight is 493 g/mol. The van der Waals surface area contributed by atoms with E-state index in [9.17, 15) is 4.79 Å². The normalized spacial score (nSPS) is 20.6. The molecule has 2 heterocycles. The minimum atomic E-state index is -0.459. The Hall–Kier alpha value is -3.74. The maximum Gasteiger partial charge on any atom is 0.238 e. The monoisotopic (exact) mass is 492 g/mol. The van der Waals surface area contributed by atoms with Gasteiger partial charge in [0.2, 0.25) is 5.91 Å². The van der Waals surface area contributed by atoms with Crippen LogP contribution < -0.4 is 4.90 Å². The van der Waals surface area contributed by atoms with E-state index in [1.165, 1.54) is 11.1 Å². The average Bonchev–Trinajstić information content (AvgIpc) is 3.47. The lowest BCUT2D eigenvalue weighted by atomic mass is 9.92. The second kappa shape index (κ2) is 9.29. The number of fused-ring (bicyclic) bond motifs is 3. The molecule has 188 valence electrons. The van der Waals surface area contributed by atoms with Gasteiger partial charge in [0.25, 0.3) is 0 Å². The molecule has 1 amide bonds. The molecular weight excluding hydrogens is 460 g/mol. The van der Waals surface area contributed by atoms with Gasteiger partial charge in [0.05, 0.1) is 23.2 Å². The molecule has 0 unspecified atom stereocenters. The van der Waals surface area contributed by atoms with Crippen molar-refractivity contribution in [2.45, 2.75) is 24.3 Å². The maximum atomic E-state index is 13.6. The van der Waals surface area contributed by atoms with Crippen LogP contribution >= 0.6 is 0 Å². The van der Waals surface area contributed by atoms with Crippen LogP contribution in [0.2, 0.25) is 0 Å². The van der Waals surface area contributed by atoms with Crippen molar-refractivity contribution >= 4 is 34.6 Å². The number of aromatic amines is 1. The number of nitrogens with zero attached hydrogens (tertiary/aromatic N) is 3. The Morgan fingerprint density at radius 2 is 1.92 bits per heavy atom. The molecule has 6 heteroatoms. The number of hydrogen-bond acceptors (Lipinski definition) is 4. The van der Waals surface area contributed by atoms with Crippen molar-refractivity contribution in [3.05, 3.63) is 94.7 Å². The number of rotatable bonds is 8. The highest BCUT2D eigenvalue weighted by atomic mass is 16.5. The largest absolute Gasteiger partial charge is 0.383 e. The van der Waals surface area contributed by atoms with Crippen molar-refractivity contribution in [3.8, 4) is 0 Å². The number of nitrogens with one attached hydrogen (secondary N) is 1. The van der Waals surface area contributed by atoms with E-state index in [2.05, 4.69) is 95.9 Å². The van der Waals surface area contributed by atoms with Crippen molar-refractivity contribution in [2.75, 3.05) is 39.3 Å². The van der Waals surface area contributed by atoms with E-state index in [0.29, 0.717) is 13.2 Å². The molecule has 0 radical (unpaired) electrons. The van der Waals surface area contributed by atoms with Gasteiger partial charge in [-0.05, 0) is 61.0 Å². The first-order chi connectivity index (χ1) is 18.0. The Balaban J connectivity index is 1.24. The smallest absolute Gasteiger partial charge is 0.238 e. The van der Waals surface area contributed by atoms with Gasteiger partial charge in [-0.1, -0.05) is 60.7 Å². The van der Waals surface area contributed by atoms with Crippen LogP contribution in [-0.2, 0) is 21.5 Å². The van der Waals surface area contributed by atoms with Crippen molar-refractivity contribution < 1.29 is 9.53 Å². The molecule has 2 atom stereocenters. The molecule has 6 rings (SSSR count). The highest BCUT2D eigenvalue weighted by Gasteiger charge is 2.67. The minimum Gasteiger partial charge on any atom is -0.383 e. The molecule has 1 saturated carbocycles. The van der Waals surface area contributed by atoms with Crippen LogP contribution in [0, 0.1) is 0 Å². The highest BCUT2D eigenvalue weighted by molar-refractivity contribution is 6.11. The number of para-hydroxylation sites is 1. The fourth-order valence-corrected chi connectivity index (χ4v) is 5.83. The number of amides is 1. The van der Waals surface area contributed by atoms with Gasteiger partial charge in [0.15, 0.2) is 0 Å². The van der Waals surface area contributed by atoms with Crippen molar-refractivity contribution in [1.29, 1.82) is 0 Å². The van der Waals surface area contributed by atoms with Gasteiger partial charge in [0, 0.05) is 37.2 Å². The number of hydrogen-bond donors (Lipinski definition) is 1. The van der Waals surface area contributed by atoms with Gasteiger partial charge >= 0.3 is 0 Å². The Morgan fingerprint density at radius 1 is 1.11 bits per heavy atom. The standard InChI is InChI=1S/C31H32N4O2/c1-34(2)20-22-10-8-21(9-11-22)12-15-27-24-14-13-23(18-28(24)33-32-27)26-19-31(26)25-6-4-5-7-29(25)35(30(31)36)16-17-37-3/h4-15,18,26H,16-17,19-20H2,1-3H3,(H,32,33)/t26-,31-/m0/s1. The Labute approximate surface area is 217 Å². The summed E-state index contributed by atoms with van der Waals surface area (Å²) in [6, 6.07) is 23.3. The number of benzene rings is 3. The summed E-state index contributed by atoms with van der Waals surface area (Å²) in [6.07, 6.45) is 4.99. The van der Waals surface area contributed by atoms with E-state index in [0.717, 1.165) is 46.4 Å². The molecule has 1 fully saturated rings. The van der Waals surface area contributed by atoms with Crippen LogP contribution in [0.3, 0.4) is 0 Å². The first-order valence-electron chi connectivity index (χ1n) is 12.8. The molecule has 6 nitrogen and oxygen atoms in total. The fourth-order valence-electron chi connectivity index (χ4n) is 5.83. The van der Waals surface area contributed by atoms with E-state index in [4.69, 9.17) is 4.74 Å². The van der Waals surface area contributed by atoms with Gasteiger partial charge in [-0.25, -0.2) is 0 Å². The topological polar surface area (TPSA) is 61.5 Å². The van der Waals surface area contributed by atoms with E-state index in [1.807, 2.05) is 17.0 Å². The molecule has 1 aliphatic carbocycles. The van der Waals surface area contributed by atoms with Crippen LogP contribution in [0.5, 0.6) is 0 Å². The second-order valence-corrected chi connectivity index (χ2v) is 10.4. The number of methoxy groups -OCH3 is 1. The number of H-pyrrole nitrogens is 1. The summed E-state index contributed by atoms with van der Waals surface area (Å²) in [5.41, 5.74) is 7.24. The molecule has 1 aromatic heterocycles. The minimum absolute atomic E-state index is 0.168. The van der Waals surface area contributed by atoms with E-state index >= 15 is 0 Å². The fraction of sp³-hybridized carbons (Fsp3) is 0.290. The number of carbonyl (C=O) groups excluding carboxylic acids is 1. The van der Waals surface area contributed by atoms with Crippen molar-refractivity contribution in [2.24, 2.45) is 0 Å². The summed E-state index contributed by atoms with van der Waals surface area (Å²) < 4.78 is 5.27. The second-order valence-electron chi connectivity index (χ2n) is 10.4. The third kappa shape index (κ3) is 4.06. The number of aromatic nitrogens is 2. The van der Waals surface area contributed by atoms with E-state index in [1.54, 1.807) is 7.11 Å². The number of anilines is 1. The zero-order valence-electron chi connectivity index (χ0n) is 21.6. The quantitative estimate of drug-likeness (QED) is 0.367. The lowest BCUT2D eigenvalue weighted by Gasteiger charge is -2.17. The van der Waals surface area contributed by atoms with Gasteiger partial charge in [0.1, 0.15) is 0 Å². The zero-order valence-corrected chi connectivity index (χ0v) is 21.6. The van der Waals surface area contributed by atoms with Crippen molar-refractivity contribution in [1.82, 2.24) is 15.1 Å². The lowest BCUT2D eigenvalue weighted by molar-refractivity contribution is -0.120. The first-order valence-corrected chi connectivity index (χ1v) is 12.8. The van der Waals surface area contributed by atoms with E-state index in [-0.39, 0.29) is 11.8 Å². The molecule has 1 spiro atoms. The first kappa shape index (κ1) is 23.6. The van der Waals surface area contributed by atoms with Gasteiger partial charge in [-0.2, -0.15) is 5.10 Å². The Morgan fingerprint density at radius 3 is 2.70 bits per heavy atom. The summed E-state index contributed by atoms with van der Waals surface area (Å²) in [5, 5.41) is 8.85. The maximum absolute atomic E-state index is 13.6. The van der Waals surface area contributed by atoms with Gasteiger partial charge < -0.3 is 14.5 Å². The molecular formula is C31H32N4O2. The van der Waals surface area contributed by atoms with Crippen molar-refractivity contribution in [3.63, 3.8) is 0 Å². The third-order valence-corrected chi connectivity index (χ3v) is 7.71. The van der Waals surface area contributed by atoms with Crippen LogP contribution in [0.4, 0.5) is 5.69 Å². The van der Waals surface area contributed by atoms with Gasteiger partial charge in [-0.15, -0.1) is 0 Å². The van der Waals surface area contributed by atoms with Gasteiger partial charge in [-0.3, -0.25) is 9.89 Å². The van der Waals surface area contributed by atoms with Crippen LogP contribution in [0.1, 0.15) is 40.3 Å². The SMILES string of the molecule is COCCN1C(=O)[C@@]2(C[C@H]2c2ccc3c(C=Cc4ccc(CN(C)C)cc4)n[nH]c3c2)c2ccccc21. The predicted octanol–water partition coefficient (Wildman–Crippen LogP) is 5.21. The summed E-state index contributed by atoms with van der Waals surface area (Å²) in [4.78, 5) is 17.7. The molecule has 4 aromatic rings. The third-order valence-electron chi connectivity index (χ3n) is 7.71. The predicted molar refractivity (Wildman–Crippen MR) is 149 cm³/mol. The molecule has 1 aliphatic heterocycles. The summed E-state index contributed by atoms with van der Waals surface area (Å²) in [7, 11) is 5.83. The summed E-state index contributed by atoms with van der Waals surface area (Å²) in [6.45, 7) is 2.03. The molecule has 0 saturated heterocycles. The van der Waals surface area contributed by atoms with Crippen LogP contribution in [0.15, 0.2) is 66.7 Å². The summed E-state index contributed by atoms with van der Waals surface area (Å²) >= 11 is 0.